The molecule has 0 saturated heterocycles. The maximum Gasteiger partial charge on any atom is 0.0684 e. The summed E-state index contributed by atoms with van der Waals surface area (Å²) in [5, 5.41) is 12.0. The Kier molecular flexibility index (Phi) is 7.20. The summed E-state index contributed by atoms with van der Waals surface area (Å²) < 4.78 is 2.00. The van der Waals surface area contributed by atoms with E-state index in [0.29, 0.717) is 6.61 Å². The zero-order valence-electron chi connectivity index (χ0n) is 9.05. The third-order valence-corrected chi connectivity index (χ3v) is 3.31. The Labute approximate surface area is 113 Å². The molecule has 0 amide bonds. The van der Waals surface area contributed by atoms with Crippen LogP contribution in [0.3, 0.4) is 0 Å². The highest BCUT2D eigenvalue weighted by Gasteiger charge is 2.01. The fourth-order valence-corrected chi connectivity index (χ4v) is 2.45. The van der Waals surface area contributed by atoms with Crippen LogP contribution < -0.4 is 5.32 Å². The highest BCUT2D eigenvalue weighted by atomic mass is 79.9. The van der Waals surface area contributed by atoms with Gasteiger partial charge in [-0.05, 0) is 63.7 Å². The molecule has 0 aliphatic rings. The summed E-state index contributed by atoms with van der Waals surface area (Å²) in [6.45, 7) is 2.02. The van der Waals surface area contributed by atoms with E-state index in [1.807, 2.05) is 6.07 Å². The number of pyridine rings is 1. The molecule has 0 spiro atoms. The highest BCUT2D eigenvalue weighted by Crippen LogP contribution is 2.19. The Balaban J connectivity index is 2.21. The first-order chi connectivity index (χ1) is 7.74. The number of halogens is 2. The van der Waals surface area contributed by atoms with Crippen molar-refractivity contribution in [2.45, 2.75) is 25.8 Å². The lowest BCUT2D eigenvalue weighted by molar-refractivity contribution is 0.283. The molecular weight excluding hydrogens is 336 g/mol. The lowest BCUT2D eigenvalue weighted by Crippen LogP contribution is -2.16. The number of hydrogen-bond donors (Lipinski definition) is 2. The van der Waals surface area contributed by atoms with Crippen molar-refractivity contribution in [2.75, 3.05) is 13.2 Å². The van der Waals surface area contributed by atoms with Crippen LogP contribution in [0.2, 0.25) is 0 Å². The Morgan fingerprint density at radius 2 is 2.06 bits per heavy atom. The maximum absolute atomic E-state index is 8.62. The molecule has 1 aromatic rings. The van der Waals surface area contributed by atoms with Gasteiger partial charge >= 0.3 is 0 Å². The van der Waals surface area contributed by atoms with Gasteiger partial charge in [0.15, 0.2) is 0 Å². The smallest absolute Gasteiger partial charge is 0.0684 e. The van der Waals surface area contributed by atoms with Crippen LogP contribution >= 0.6 is 31.9 Å². The molecule has 16 heavy (non-hydrogen) atoms. The number of nitrogens with zero attached hydrogens (tertiary/aromatic N) is 1. The zero-order chi connectivity index (χ0) is 11.8. The van der Waals surface area contributed by atoms with Gasteiger partial charge in [-0.2, -0.15) is 0 Å². The number of hydrogen-bond acceptors (Lipinski definition) is 3. The molecule has 0 atom stereocenters. The molecule has 0 bridgehead atoms. The van der Waals surface area contributed by atoms with Gasteiger partial charge in [0.05, 0.1) is 5.69 Å². The standard InChI is InChI=1S/C11H16Br2N2O/c12-9-6-10(13)11(15-7-9)8-14-4-2-1-3-5-16/h6-7,14,16H,1-5,8H2. The summed E-state index contributed by atoms with van der Waals surface area (Å²) in [7, 11) is 0. The van der Waals surface area contributed by atoms with Gasteiger partial charge in [-0.3, -0.25) is 4.98 Å². The monoisotopic (exact) mass is 350 g/mol. The molecule has 1 heterocycles. The number of aliphatic hydroxyl groups is 1. The van der Waals surface area contributed by atoms with Crippen LogP contribution in [-0.4, -0.2) is 23.2 Å². The molecule has 0 aliphatic carbocycles. The Hall–Kier alpha value is 0.0300. The van der Waals surface area contributed by atoms with Gasteiger partial charge < -0.3 is 10.4 Å². The third kappa shape index (κ3) is 5.39. The van der Waals surface area contributed by atoms with Crippen molar-refractivity contribution in [3.05, 3.63) is 26.9 Å². The summed E-state index contributed by atoms with van der Waals surface area (Å²) in [5.74, 6) is 0. The first kappa shape index (κ1) is 14.1. The van der Waals surface area contributed by atoms with Crippen molar-refractivity contribution in [1.29, 1.82) is 0 Å². The van der Waals surface area contributed by atoms with E-state index in [1.54, 1.807) is 6.20 Å². The van der Waals surface area contributed by atoms with E-state index >= 15 is 0 Å². The third-order valence-electron chi connectivity index (χ3n) is 2.19. The Bertz CT molecular complexity index is 321. The molecule has 90 valence electrons. The maximum atomic E-state index is 8.62. The second-order valence-corrected chi connectivity index (χ2v) is 5.31. The van der Waals surface area contributed by atoms with Gasteiger partial charge in [-0.1, -0.05) is 0 Å². The predicted molar refractivity (Wildman–Crippen MR) is 72.3 cm³/mol. The van der Waals surface area contributed by atoms with Gasteiger partial charge in [0.1, 0.15) is 0 Å². The first-order valence-corrected chi connectivity index (χ1v) is 6.94. The van der Waals surface area contributed by atoms with Gasteiger partial charge in [-0.25, -0.2) is 0 Å². The van der Waals surface area contributed by atoms with Gasteiger partial charge in [0.2, 0.25) is 0 Å². The largest absolute Gasteiger partial charge is 0.396 e. The molecule has 0 saturated carbocycles. The minimum atomic E-state index is 0.291. The molecule has 0 aromatic carbocycles. The molecule has 2 N–H and O–H groups in total. The second kappa shape index (κ2) is 8.17. The van der Waals surface area contributed by atoms with E-state index in [1.165, 1.54) is 0 Å². The van der Waals surface area contributed by atoms with Crippen molar-refractivity contribution in [3.63, 3.8) is 0 Å². The molecule has 0 fully saturated rings. The van der Waals surface area contributed by atoms with Crippen LogP contribution in [0.15, 0.2) is 21.2 Å². The number of aromatic nitrogens is 1. The Morgan fingerprint density at radius 3 is 2.75 bits per heavy atom. The van der Waals surface area contributed by atoms with Gasteiger partial charge in [-0.15, -0.1) is 0 Å². The van der Waals surface area contributed by atoms with Crippen LogP contribution in [-0.2, 0) is 6.54 Å². The molecule has 1 aromatic heterocycles. The summed E-state index contributed by atoms with van der Waals surface area (Å²) in [4.78, 5) is 4.32. The van der Waals surface area contributed by atoms with Crippen LogP contribution in [0, 0.1) is 0 Å². The quantitative estimate of drug-likeness (QED) is 0.742. The predicted octanol–water partition coefficient (Wildman–Crippen LogP) is 2.86. The van der Waals surface area contributed by atoms with Crippen molar-refractivity contribution < 1.29 is 5.11 Å². The molecule has 0 radical (unpaired) electrons. The van der Waals surface area contributed by atoms with E-state index in [0.717, 1.165) is 47.0 Å². The van der Waals surface area contributed by atoms with Crippen LogP contribution in [0.5, 0.6) is 0 Å². The van der Waals surface area contributed by atoms with Crippen molar-refractivity contribution in [3.8, 4) is 0 Å². The van der Waals surface area contributed by atoms with E-state index < -0.39 is 0 Å². The second-order valence-electron chi connectivity index (χ2n) is 3.54. The molecule has 5 heteroatoms. The molecule has 1 rings (SSSR count). The lowest BCUT2D eigenvalue weighted by atomic mass is 10.2. The minimum Gasteiger partial charge on any atom is -0.396 e. The Morgan fingerprint density at radius 1 is 1.25 bits per heavy atom. The SMILES string of the molecule is OCCCCCNCc1ncc(Br)cc1Br. The minimum absolute atomic E-state index is 0.291. The molecule has 3 nitrogen and oxygen atoms in total. The summed E-state index contributed by atoms with van der Waals surface area (Å²) >= 11 is 6.85. The average Bonchev–Trinajstić information content (AvgIpc) is 2.26. The summed E-state index contributed by atoms with van der Waals surface area (Å²) in [6, 6.07) is 2.00. The van der Waals surface area contributed by atoms with Crippen LogP contribution in [0.1, 0.15) is 25.0 Å². The molecular formula is C11H16Br2N2O. The number of rotatable bonds is 7. The highest BCUT2D eigenvalue weighted by molar-refractivity contribution is 9.11. The van der Waals surface area contributed by atoms with E-state index in [9.17, 15) is 0 Å². The van der Waals surface area contributed by atoms with E-state index in [4.69, 9.17) is 5.11 Å². The normalized spacial score (nSPS) is 10.7. The summed E-state index contributed by atoms with van der Waals surface area (Å²) in [5.41, 5.74) is 1.02. The molecule has 0 unspecified atom stereocenters. The van der Waals surface area contributed by atoms with Crippen LogP contribution in [0.25, 0.3) is 0 Å². The lowest BCUT2D eigenvalue weighted by Gasteiger charge is -2.06. The van der Waals surface area contributed by atoms with Crippen LogP contribution in [0.4, 0.5) is 0 Å². The van der Waals surface area contributed by atoms with Gasteiger partial charge in [0.25, 0.3) is 0 Å². The number of nitrogens with one attached hydrogen (secondary N) is 1. The number of unbranched alkanes of at least 4 members (excludes halogenated alkanes) is 2. The first-order valence-electron chi connectivity index (χ1n) is 5.35. The van der Waals surface area contributed by atoms with Crippen molar-refractivity contribution in [2.24, 2.45) is 0 Å². The van der Waals surface area contributed by atoms with Crippen molar-refractivity contribution >= 4 is 31.9 Å². The van der Waals surface area contributed by atoms with Gasteiger partial charge in [0, 0.05) is 28.3 Å². The average molecular weight is 352 g/mol. The summed E-state index contributed by atoms with van der Waals surface area (Å²) in [6.07, 6.45) is 4.85. The van der Waals surface area contributed by atoms with E-state index in [-0.39, 0.29) is 0 Å². The molecule has 0 aliphatic heterocycles. The van der Waals surface area contributed by atoms with E-state index in [2.05, 4.69) is 42.2 Å². The number of aliphatic hydroxyl groups excluding tert-OH is 1. The van der Waals surface area contributed by atoms with Crippen molar-refractivity contribution in [1.82, 2.24) is 10.3 Å². The fraction of sp³-hybridized carbons (Fsp3) is 0.545. The zero-order valence-corrected chi connectivity index (χ0v) is 12.2. The topological polar surface area (TPSA) is 45.1 Å². The fourth-order valence-electron chi connectivity index (χ4n) is 1.32.